The molecule has 0 bridgehead atoms. The lowest BCUT2D eigenvalue weighted by molar-refractivity contribution is -0.117. The van der Waals surface area contributed by atoms with Crippen LogP contribution in [0, 0.1) is 11.3 Å². The molecule has 6 heteroatoms. The normalized spacial score (nSPS) is 20.3. The lowest BCUT2D eigenvalue weighted by Gasteiger charge is -2.29. The number of hydrogen-bond acceptors (Lipinski definition) is 5. The van der Waals surface area contributed by atoms with E-state index >= 15 is 0 Å². The van der Waals surface area contributed by atoms with E-state index in [-0.39, 0.29) is 18.6 Å². The highest BCUT2D eigenvalue weighted by molar-refractivity contribution is 7.14. The van der Waals surface area contributed by atoms with Crippen molar-refractivity contribution in [3.05, 3.63) is 17.0 Å². The van der Waals surface area contributed by atoms with Crippen LogP contribution in [0.3, 0.4) is 0 Å². The second-order valence-electron chi connectivity index (χ2n) is 4.35. The minimum atomic E-state index is -0.331. The Balaban J connectivity index is 1.87. The van der Waals surface area contributed by atoms with Gasteiger partial charge >= 0.3 is 0 Å². The second kappa shape index (κ2) is 5.96. The molecule has 1 amide bonds. The summed E-state index contributed by atoms with van der Waals surface area (Å²) in [4.78, 5) is 13.7. The van der Waals surface area contributed by atoms with Crippen LogP contribution in [-0.2, 0) is 4.79 Å². The number of aliphatic hydroxyl groups is 1. The van der Waals surface area contributed by atoms with Crippen LogP contribution >= 0.6 is 11.3 Å². The maximum atomic E-state index is 11.8. The summed E-state index contributed by atoms with van der Waals surface area (Å²) in [5.41, 5.74) is 0.493. The first-order chi connectivity index (χ1) is 8.69. The molecule has 2 rings (SSSR count). The molecular formula is C12H15N3O2S. The number of likely N-dealkylation sites (tertiary alicyclic amines) is 1. The molecule has 2 N–H and O–H groups in total. The molecular weight excluding hydrogens is 250 g/mol. The molecule has 0 aliphatic carbocycles. The van der Waals surface area contributed by atoms with Gasteiger partial charge in [-0.2, -0.15) is 5.26 Å². The van der Waals surface area contributed by atoms with Gasteiger partial charge in [-0.1, -0.05) is 0 Å². The third kappa shape index (κ3) is 3.29. The van der Waals surface area contributed by atoms with Gasteiger partial charge in [0.15, 0.2) is 0 Å². The van der Waals surface area contributed by atoms with E-state index in [1.165, 1.54) is 11.3 Å². The zero-order valence-corrected chi connectivity index (χ0v) is 10.7. The predicted molar refractivity (Wildman–Crippen MR) is 69.3 cm³/mol. The van der Waals surface area contributed by atoms with E-state index in [2.05, 4.69) is 5.32 Å². The van der Waals surface area contributed by atoms with Crippen molar-refractivity contribution in [3.63, 3.8) is 0 Å². The number of β-amino-alcohol motifs (C(OH)–C–C–N with tert-alkyl or cyclic N) is 1. The summed E-state index contributed by atoms with van der Waals surface area (Å²) in [5.74, 6) is -0.136. The first-order valence-electron chi connectivity index (χ1n) is 5.87. The van der Waals surface area contributed by atoms with Gasteiger partial charge < -0.3 is 10.4 Å². The number of rotatable bonds is 3. The second-order valence-corrected chi connectivity index (χ2v) is 5.27. The van der Waals surface area contributed by atoms with Crippen LogP contribution < -0.4 is 5.32 Å². The maximum absolute atomic E-state index is 11.8. The fourth-order valence-electron chi connectivity index (χ4n) is 2.04. The van der Waals surface area contributed by atoms with E-state index < -0.39 is 0 Å². The number of thiophene rings is 1. The number of nitriles is 1. The van der Waals surface area contributed by atoms with Crippen LogP contribution in [0.15, 0.2) is 11.4 Å². The molecule has 18 heavy (non-hydrogen) atoms. The van der Waals surface area contributed by atoms with Crippen molar-refractivity contribution in [2.45, 2.75) is 18.9 Å². The van der Waals surface area contributed by atoms with Gasteiger partial charge in [0, 0.05) is 6.54 Å². The third-order valence-electron chi connectivity index (χ3n) is 2.89. The number of aliphatic hydroxyl groups excluding tert-OH is 1. The fourth-order valence-corrected chi connectivity index (χ4v) is 2.79. The number of nitrogens with one attached hydrogen (secondary N) is 1. The highest BCUT2D eigenvalue weighted by atomic mass is 32.1. The molecule has 0 radical (unpaired) electrons. The molecule has 1 saturated heterocycles. The molecule has 2 heterocycles. The molecule has 5 nitrogen and oxygen atoms in total. The van der Waals surface area contributed by atoms with Crippen molar-refractivity contribution in [1.29, 1.82) is 5.26 Å². The van der Waals surface area contributed by atoms with E-state index in [9.17, 15) is 9.90 Å². The number of carbonyl (C=O) groups is 1. The summed E-state index contributed by atoms with van der Waals surface area (Å²) in [6.45, 7) is 1.64. The van der Waals surface area contributed by atoms with Crippen molar-refractivity contribution >= 4 is 22.2 Å². The number of nitrogens with zero attached hydrogens (tertiary/aromatic N) is 2. The van der Waals surface area contributed by atoms with E-state index in [0.717, 1.165) is 19.4 Å². The van der Waals surface area contributed by atoms with E-state index in [1.54, 1.807) is 11.4 Å². The molecule has 1 fully saturated rings. The molecule has 96 valence electrons. The minimum absolute atomic E-state index is 0.136. The first kappa shape index (κ1) is 13.0. The highest BCUT2D eigenvalue weighted by Crippen LogP contribution is 2.22. The van der Waals surface area contributed by atoms with Crippen LogP contribution in [0.5, 0.6) is 0 Å². The Kier molecular flexibility index (Phi) is 4.31. The molecule has 0 aromatic carbocycles. The van der Waals surface area contributed by atoms with Gasteiger partial charge in [-0.15, -0.1) is 11.3 Å². The number of anilines is 1. The topological polar surface area (TPSA) is 76.4 Å². The third-order valence-corrected chi connectivity index (χ3v) is 3.72. The largest absolute Gasteiger partial charge is 0.392 e. The SMILES string of the molecule is N#Cc1ccsc1NC(=O)CN1CCC[C@H](O)C1. The Labute approximate surface area is 110 Å². The van der Waals surface area contributed by atoms with Crippen molar-refractivity contribution in [1.82, 2.24) is 4.90 Å². The molecule has 1 aliphatic rings. The van der Waals surface area contributed by atoms with Gasteiger partial charge in [-0.3, -0.25) is 9.69 Å². The summed E-state index contributed by atoms with van der Waals surface area (Å²) < 4.78 is 0. The van der Waals surface area contributed by atoms with Crippen LogP contribution in [0.1, 0.15) is 18.4 Å². The number of amides is 1. The van der Waals surface area contributed by atoms with Gasteiger partial charge in [0.2, 0.25) is 5.91 Å². The number of carbonyl (C=O) groups excluding carboxylic acids is 1. The highest BCUT2D eigenvalue weighted by Gasteiger charge is 2.20. The summed E-state index contributed by atoms with van der Waals surface area (Å²) in [6.07, 6.45) is 1.39. The standard InChI is InChI=1S/C12H15N3O2S/c13-6-9-3-5-18-12(9)14-11(17)8-15-4-1-2-10(16)7-15/h3,5,10,16H,1-2,4,7-8H2,(H,14,17)/t10-/m0/s1. The molecule has 0 saturated carbocycles. The molecule has 0 spiro atoms. The van der Waals surface area contributed by atoms with Gasteiger partial charge in [-0.25, -0.2) is 0 Å². The Morgan fingerprint density at radius 3 is 3.28 bits per heavy atom. The van der Waals surface area contributed by atoms with E-state index in [0.29, 0.717) is 17.1 Å². The quantitative estimate of drug-likeness (QED) is 0.855. The van der Waals surface area contributed by atoms with Gasteiger partial charge in [0.1, 0.15) is 11.1 Å². The summed E-state index contributed by atoms with van der Waals surface area (Å²) in [7, 11) is 0. The van der Waals surface area contributed by atoms with Crippen LogP contribution in [-0.4, -0.2) is 41.7 Å². The summed E-state index contributed by atoms with van der Waals surface area (Å²) in [5, 5.41) is 23.5. The average molecular weight is 265 g/mol. The maximum Gasteiger partial charge on any atom is 0.239 e. The molecule has 1 aromatic rings. The summed E-state index contributed by atoms with van der Waals surface area (Å²) in [6, 6.07) is 3.72. The zero-order chi connectivity index (χ0) is 13.0. The van der Waals surface area contributed by atoms with E-state index in [1.807, 2.05) is 11.0 Å². The molecule has 0 unspecified atom stereocenters. The van der Waals surface area contributed by atoms with Crippen molar-refractivity contribution in [2.75, 3.05) is 25.0 Å². The molecule has 1 aromatic heterocycles. The van der Waals surface area contributed by atoms with Crippen LogP contribution in [0.25, 0.3) is 0 Å². The number of hydrogen-bond donors (Lipinski definition) is 2. The average Bonchev–Trinajstić information content (AvgIpc) is 2.76. The Hall–Kier alpha value is -1.42. The first-order valence-corrected chi connectivity index (χ1v) is 6.75. The lowest BCUT2D eigenvalue weighted by Crippen LogP contribution is -2.42. The lowest BCUT2D eigenvalue weighted by atomic mass is 10.1. The molecule has 1 atom stereocenters. The smallest absolute Gasteiger partial charge is 0.239 e. The zero-order valence-electron chi connectivity index (χ0n) is 9.93. The summed E-state index contributed by atoms with van der Waals surface area (Å²) >= 11 is 1.34. The Bertz CT molecular complexity index is 466. The Morgan fingerprint density at radius 1 is 1.72 bits per heavy atom. The fraction of sp³-hybridized carbons (Fsp3) is 0.500. The minimum Gasteiger partial charge on any atom is -0.392 e. The Morgan fingerprint density at radius 2 is 2.56 bits per heavy atom. The number of piperidine rings is 1. The van der Waals surface area contributed by atoms with Crippen molar-refractivity contribution in [2.24, 2.45) is 0 Å². The van der Waals surface area contributed by atoms with Crippen molar-refractivity contribution < 1.29 is 9.90 Å². The van der Waals surface area contributed by atoms with Gasteiger partial charge in [-0.05, 0) is 30.8 Å². The van der Waals surface area contributed by atoms with E-state index in [4.69, 9.17) is 5.26 Å². The molecule has 1 aliphatic heterocycles. The van der Waals surface area contributed by atoms with Gasteiger partial charge in [0.25, 0.3) is 0 Å². The van der Waals surface area contributed by atoms with Crippen LogP contribution in [0.4, 0.5) is 5.00 Å². The monoisotopic (exact) mass is 265 g/mol. The van der Waals surface area contributed by atoms with Crippen LogP contribution in [0.2, 0.25) is 0 Å². The van der Waals surface area contributed by atoms with Gasteiger partial charge in [0.05, 0.1) is 18.2 Å². The predicted octanol–water partition coefficient (Wildman–Crippen LogP) is 1.01. The van der Waals surface area contributed by atoms with Crippen molar-refractivity contribution in [3.8, 4) is 6.07 Å².